The SMILES string of the molecule is CC1=CCC(c2[c-]cccc2)=C1.OCc1ccccc1.[Cl][Ti][Cl]. The number of rotatable bonds is 2. The maximum atomic E-state index is 8.54. The molecule has 0 saturated carbocycles. The van der Waals surface area contributed by atoms with Crippen LogP contribution in [0.25, 0.3) is 5.57 Å². The normalized spacial score (nSPS) is 12.0. The molecule has 0 atom stereocenters. The fourth-order valence-corrected chi connectivity index (χ4v) is 2.03. The number of halogens is 2. The van der Waals surface area contributed by atoms with Gasteiger partial charge in [-0.05, 0) is 18.9 Å². The molecule has 1 aliphatic carbocycles. The predicted octanol–water partition coefficient (Wildman–Crippen LogP) is 5.78. The first kappa shape index (κ1) is 20.2. The van der Waals surface area contributed by atoms with Gasteiger partial charge in [-0.1, -0.05) is 48.1 Å². The molecular weight excluding hydrogens is 363 g/mol. The zero-order valence-corrected chi connectivity index (χ0v) is 16.0. The molecule has 0 unspecified atom stereocenters. The molecule has 1 aliphatic rings. The molecule has 0 radical (unpaired) electrons. The summed E-state index contributed by atoms with van der Waals surface area (Å²) in [6.45, 7) is 2.27. The van der Waals surface area contributed by atoms with Gasteiger partial charge in [0.15, 0.2) is 0 Å². The van der Waals surface area contributed by atoms with Crippen LogP contribution in [-0.4, -0.2) is 5.11 Å². The zero-order valence-electron chi connectivity index (χ0n) is 13.0. The Balaban J connectivity index is 0.000000209. The summed E-state index contributed by atoms with van der Waals surface area (Å²) < 4.78 is 0. The molecule has 3 rings (SSSR count). The van der Waals surface area contributed by atoms with E-state index in [9.17, 15) is 0 Å². The van der Waals surface area contributed by atoms with Crippen molar-refractivity contribution in [1.29, 1.82) is 0 Å². The number of aliphatic hydroxyl groups is 1. The first-order chi connectivity index (χ1) is 11.2. The van der Waals surface area contributed by atoms with Gasteiger partial charge in [-0.3, -0.25) is 0 Å². The Morgan fingerprint density at radius 1 is 1.09 bits per heavy atom. The van der Waals surface area contributed by atoms with Gasteiger partial charge in [-0.2, -0.15) is 0 Å². The first-order valence-corrected chi connectivity index (χ1v) is 11.5. The predicted molar refractivity (Wildman–Crippen MR) is 95.7 cm³/mol. The summed E-state index contributed by atoms with van der Waals surface area (Å²) in [5, 5.41) is 8.54. The van der Waals surface area contributed by atoms with Crippen LogP contribution in [-0.2, 0) is 23.6 Å². The number of hydrogen-bond acceptors (Lipinski definition) is 1. The minimum absolute atomic E-state index is 0.140. The Morgan fingerprint density at radius 3 is 2.17 bits per heavy atom. The molecule has 4 heteroatoms. The van der Waals surface area contributed by atoms with Gasteiger partial charge >= 0.3 is 35.6 Å². The van der Waals surface area contributed by atoms with Gasteiger partial charge in [-0.15, -0.1) is 41.5 Å². The molecule has 1 nitrogen and oxygen atoms in total. The molecule has 0 fully saturated rings. The van der Waals surface area contributed by atoms with Gasteiger partial charge in [0, 0.05) is 0 Å². The van der Waals surface area contributed by atoms with Crippen LogP contribution in [0.3, 0.4) is 0 Å². The number of allylic oxidation sites excluding steroid dienone is 4. The van der Waals surface area contributed by atoms with Crippen molar-refractivity contribution in [1.82, 2.24) is 0 Å². The summed E-state index contributed by atoms with van der Waals surface area (Å²) in [4.78, 5) is 0. The Hall–Kier alpha value is -0.826. The number of hydrogen-bond donors (Lipinski definition) is 1. The van der Waals surface area contributed by atoms with Crippen molar-refractivity contribution in [2.75, 3.05) is 0 Å². The van der Waals surface area contributed by atoms with E-state index in [1.807, 2.05) is 42.5 Å². The fourth-order valence-electron chi connectivity index (χ4n) is 2.03. The molecule has 2 aromatic carbocycles. The van der Waals surface area contributed by atoms with Crippen LogP contribution in [0, 0.1) is 6.07 Å². The molecule has 0 aliphatic heterocycles. The monoisotopic (exact) mass is 381 g/mol. The van der Waals surface area contributed by atoms with Gasteiger partial charge in [0.05, 0.1) is 6.61 Å². The standard InChI is InChI=1S/C12H11.C7H8O.2ClH.Ti/c1-10-7-8-12(9-10)11-5-3-2-4-6-11;8-6-7-4-2-1-3-5-7;;;/h2-5,7,9H,8H2,1H3;1-5,8H,6H2;2*1H;/q-1;;;;+2/p-2. The average Bonchev–Trinajstić information content (AvgIpc) is 3.04. The van der Waals surface area contributed by atoms with Gasteiger partial charge in [-0.25, -0.2) is 0 Å². The van der Waals surface area contributed by atoms with E-state index >= 15 is 0 Å². The van der Waals surface area contributed by atoms with Gasteiger partial charge in [0.1, 0.15) is 0 Å². The minimum atomic E-state index is -0.556. The third-order valence-electron chi connectivity index (χ3n) is 3.13. The summed E-state index contributed by atoms with van der Waals surface area (Å²) in [7, 11) is 9.78. The van der Waals surface area contributed by atoms with Crippen molar-refractivity contribution in [2.45, 2.75) is 20.0 Å². The van der Waals surface area contributed by atoms with Crippen molar-refractivity contribution in [3.8, 4) is 0 Å². The molecule has 0 amide bonds. The molecular formula is C19H19Cl2OTi-. The van der Waals surface area contributed by atoms with E-state index in [2.05, 4.69) is 37.3 Å². The summed E-state index contributed by atoms with van der Waals surface area (Å²) in [5.74, 6) is 0. The van der Waals surface area contributed by atoms with Crippen LogP contribution in [0.2, 0.25) is 0 Å². The van der Waals surface area contributed by atoms with E-state index in [1.165, 1.54) is 16.7 Å². The second kappa shape index (κ2) is 12.6. The van der Waals surface area contributed by atoms with E-state index in [0.717, 1.165) is 12.0 Å². The molecule has 0 heterocycles. The van der Waals surface area contributed by atoms with Crippen molar-refractivity contribution in [3.63, 3.8) is 0 Å². The molecule has 0 saturated heterocycles. The second-order valence-electron chi connectivity index (χ2n) is 4.81. The third-order valence-corrected chi connectivity index (χ3v) is 3.13. The molecule has 1 N–H and O–H groups in total. The summed E-state index contributed by atoms with van der Waals surface area (Å²) in [6.07, 6.45) is 5.54. The summed E-state index contributed by atoms with van der Waals surface area (Å²) in [5.41, 5.74) is 4.94. The number of benzene rings is 2. The Kier molecular flexibility index (Phi) is 11.1. The summed E-state index contributed by atoms with van der Waals surface area (Å²) in [6, 6.07) is 20.9. The Morgan fingerprint density at radius 2 is 1.74 bits per heavy atom. The molecule has 23 heavy (non-hydrogen) atoms. The van der Waals surface area contributed by atoms with E-state index in [-0.39, 0.29) is 6.61 Å². The maximum absolute atomic E-state index is 8.54. The van der Waals surface area contributed by atoms with Gasteiger partial charge in [0.2, 0.25) is 0 Å². The first-order valence-electron chi connectivity index (χ1n) is 7.16. The van der Waals surface area contributed by atoms with E-state index < -0.39 is 17.0 Å². The van der Waals surface area contributed by atoms with Crippen molar-refractivity contribution in [2.24, 2.45) is 0 Å². The fraction of sp³-hybridized carbons (Fsp3) is 0.158. The molecule has 0 spiro atoms. The third kappa shape index (κ3) is 8.55. The van der Waals surface area contributed by atoms with Crippen molar-refractivity contribution < 1.29 is 22.1 Å². The Bertz CT molecular complexity index is 610. The molecule has 0 bridgehead atoms. The van der Waals surface area contributed by atoms with Gasteiger partial charge in [0.25, 0.3) is 0 Å². The van der Waals surface area contributed by atoms with Crippen LogP contribution in [0.1, 0.15) is 24.5 Å². The van der Waals surface area contributed by atoms with Crippen molar-refractivity contribution in [3.05, 3.63) is 89.5 Å². The van der Waals surface area contributed by atoms with Crippen LogP contribution in [0.4, 0.5) is 0 Å². The second-order valence-corrected chi connectivity index (χ2v) is 7.39. The summed E-state index contributed by atoms with van der Waals surface area (Å²) >= 11 is -0.556. The van der Waals surface area contributed by atoms with E-state index in [4.69, 9.17) is 23.7 Å². The topological polar surface area (TPSA) is 20.2 Å². The van der Waals surface area contributed by atoms with Gasteiger partial charge < -0.3 is 5.11 Å². The number of aliphatic hydroxyl groups excluding tert-OH is 1. The van der Waals surface area contributed by atoms with Crippen LogP contribution in [0.15, 0.2) is 72.3 Å². The Labute approximate surface area is 155 Å². The van der Waals surface area contributed by atoms with E-state index in [0.29, 0.717) is 0 Å². The van der Waals surface area contributed by atoms with E-state index in [1.54, 1.807) is 0 Å². The van der Waals surface area contributed by atoms with Crippen LogP contribution < -0.4 is 0 Å². The average molecular weight is 382 g/mol. The molecule has 0 aromatic heterocycles. The molecule has 2 aromatic rings. The van der Waals surface area contributed by atoms with Crippen LogP contribution in [0.5, 0.6) is 0 Å². The quantitative estimate of drug-likeness (QED) is 0.516. The van der Waals surface area contributed by atoms with Crippen LogP contribution >= 0.6 is 18.6 Å². The molecule has 120 valence electrons. The zero-order chi connectivity index (χ0) is 16.9. The van der Waals surface area contributed by atoms with Crippen molar-refractivity contribution >= 4 is 24.2 Å².